The van der Waals surface area contributed by atoms with Gasteiger partial charge in [0.2, 0.25) is 5.91 Å². The van der Waals surface area contributed by atoms with Crippen LogP contribution in [0, 0.1) is 5.92 Å². The molecule has 0 aromatic carbocycles. The Morgan fingerprint density at radius 1 is 1.62 bits per heavy atom. The van der Waals surface area contributed by atoms with E-state index in [1.54, 1.807) is 10.9 Å². The summed E-state index contributed by atoms with van der Waals surface area (Å²) in [6, 6.07) is -1.02. The number of carbonyl (C=O) groups excluding carboxylic acids is 1. The molecule has 0 radical (unpaired) electrons. The van der Waals surface area contributed by atoms with Gasteiger partial charge in [-0.15, -0.1) is 11.3 Å². The Balaban J connectivity index is 1.97. The minimum absolute atomic E-state index is 0.206. The number of thiazole rings is 1. The van der Waals surface area contributed by atoms with Crippen molar-refractivity contribution in [2.24, 2.45) is 5.92 Å². The largest absolute Gasteiger partial charge is 0.479 e. The molecule has 1 heterocycles. The highest BCUT2D eigenvalue weighted by Crippen LogP contribution is 2.32. The second kappa shape index (κ2) is 4.61. The van der Waals surface area contributed by atoms with Crippen LogP contribution >= 0.6 is 11.3 Å². The van der Waals surface area contributed by atoms with Crippen LogP contribution in [0.2, 0.25) is 0 Å². The van der Waals surface area contributed by atoms with Crippen LogP contribution in [0.5, 0.6) is 0 Å². The van der Waals surface area contributed by atoms with Crippen molar-refractivity contribution in [2.75, 3.05) is 0 Å². The standard InChI is InChI=1S/C10H12N2O3S/c13-8(3-6-1-2-6)12-9(10(14)15)7-4-16-5-11-7/h4-6,9H,1-3H2,(H,12,13)(H,14,15). The summed E-state index contributed by atoms with van der Waals surface area (Å²) in [5.41, 5.74) is 1.94. The van der Waals surface area contributed by atoms with E-state index in [1.807, 2.05) is 0 Å². The fourth-order valence-corrected chi connectivity index (χ4v) is 2.01. The number of hydrogen-bond acceptors (Lipinski definition) is 4. The summed E-state index contributed by atoms with van der Waals surface area (Å²) in [5, 5.41) is 13.1. The predicted octanol–water partition coefficient (Wildman–Crippen LogP) is 1.19. The van der Waals surface area contributed by atoms with Gasteiger partial charge in [-0.25, -0.2) is 9.78 Å². The Hall–Kier alpha value is -1.43. The molecule has 2 rings (SSSR count). The topological polar surface area (TPSA) is 79.3 Å². The molecule has 6 heteroatoms. The summed E-state index contributed by atoms with van der Waals surface area (Å²) in [4.78, 5) is 26.4. The number of nitrogens with one attached hydrogen (secondary N) is 1. The van der Waals surface area contributed by atoms with Crippen molar-refractivity contribution in [3.63, 3.8) is 0 Å². The summed E-state index contributed by atoms with van der Waals surface area (Å²) in [6.07, 6.45) is 2.57. The molecule has 0 bridgehead atoms. The minimum Gasteiger partial charge on any atom is -0.479 e. The molecule has 86 valence electrons. The maximum Gasteiger partial charge on any atom is 0.332 e. The number of carboxylic acid groups (broad SMARTS) is 1. The van der Waals surface area contributed by atoms with Crippen molar-refractivity contribution in [3.8, 4) is 0 Å². The zero-order chi connectivity index (χ0) is 11.5. The number of aromatic nitrogens is 1. The molecule has 0 saturated heterocycles. The third-order valence-corrected chi connectivity index (χ3v) is 3.08. The van der Waals surface area contributed by atoms with Crippen LogP contribution in [0.3, 0.4) is 0 Å². The Labute approximate surface area is 96.5 Å². The lowest BCUT2D eigenvalue weighted by atomic mass is 10.2. The van der Waals surface area contributed by atoms with Gasteiger partial charge in [0, 0.05) is 11.8 Å². The minimum atomic E-state index is -1.07. The molecule has 1 aromatic heterocycles. The lowest BCUT2D eigenvalue weighted by Crippen LogP contribution is -2.34. The number of aliphatic carboxylic acids is 1. The first-order valence-corrected chi connectivity index (χ1v) is 6.01. The monoisotopic (exact) mass is 240 g/mol. The summed E-state index contributed by atoms with van der Waals surface area (Å²) in [7, 11) is 0. The summed E-state index contributed by atoms with van der Waals surface area (Å²) in [5.74, 6) is -0.831. The van der Waals surface area contributed by atoms with E-state index in [4.69, 9.17) is 5.11 Å². The Morgan fingerprint density at radius 3 is 2.88 bits per heavy atom. The molecule has 1 aliphatic carbocycles. The first kappa shape index (κ1) is 11.1. The molecule has 16 heavy (non-hydrogen) atoms. The maximum atomic E-state index is 11.5. The van der Waals surface area contributed by atoms with Gasteiger partial charge >= 0.3 is 5.97 Å². The fourth-order valence-electron chi connectivity index (χ4n) is 1.43. The molecule has 1 unspecified atom stereocenters. The fraction of sp³-hybridized carbons (Fsp3) is 0.500. The number of hydrogen-bond donors (Lipinski definition) is 2. The van der Waals surface area contributed by atoms with Crippen molar-refractivity contribution in [2.45, 2.75) is 25.3 Å². The molecule has 2 N–H and O–H groups in total. The van der Waals surface area contributed by atoms with Gasteiger partial charge in [-0.3, -0.25) is 4.79 Å². The molecule has 1 amide bonds. The first-order valence-electron chi connectivity index (χ1n) is 5.07. The number of rotatable bonds is 5. The second-order valence-corrected chi connectivity index (χ2v) is 4.62. The Morgan fingerprint density at radius 2 is 2.38 bits per heavy atom. The van der Waals surface area contributed by atoms with E-state index in [-0.39, 0.29) is 5.91 Å². The van der Waals surface area contributed by atoms with Gasteiger partial charge in [0.25, 0.3) is 0 Å². The predicted molar refractivity (Wildman–Crippen MR) is 58.0 cm³/mol. The van der Waals surface area contributed by atoms with Gasteiger partial charge in [-0.2, -0.15) is 0 Å². The van der Waals surface area contributed by atoms with Gasteiger partial charge in [0.15, 0.2) is 6.04 Å². The number of carbonyl (C=O) groups is 2. The van der Waals surface area contributed by atoms with E-state index in [2.05, 4.69) is 10.3 Å². The van der Waals surface area contributed by atoms with Crippen LogP contribution < -0.4 is 5.32 Å². The van der Waals surface area contributed by atoms with E-state index in [1.165, 1.54) is 11.3 Å². The zero-order valence-corrected chi connectivity index (χ0v) is 9.37. The average Bonchev–Trinajstić information content (AvgIpc) is 2.87. The summed E-state index contributed by atoms with van der Waals surface area (Å²) in [6.45, 7) is 0. The van der Waals surface area contributed by atoms with Crippen molar-refractivity contribution < 1.29 is 14.7 Å². The number of nitrogens with zero attached hydrogens (tertiary/aromatic N) is 1. The van der Waals surface area contributed by atoms with Crippen LogP contribution in [0.1, 0.15) is 31.0 Å². The zero-order valence-electron chi connectivity index (χ0n) is 8.55. The SMILES string of the molecule is O=C(CC1CC1)NC(C(=O)O)c1cscn1. The van der Waals surface area contributed by atoms with Crippen LogP contribution in [-0.2, 0) is 9.59 Å². The average molecular weight is 240 g/mol. The van der Waals surface area contributed by atoms with Gasteiger partial charge in [0.05, 0.1) is 11.2 Å². The van der Waals surface area contributed by atoms with Crippen LogP contribution in [0.25, 0.3) is 0 Å². The Bertz CT molecular complexity index is 387. The molecule has 1 saturated carbocycles. The molecule has 0 spiro atoms. The smallest absolute Gasteiger partial charge is 0.332 e. The van der Waals surface area contributed by atoms with E-state index in [0.717, 1.165) is 12.8 Å². The quantitative estimate of drug-likeness (QED) is 0.810. The van der Waals surface area contributed by atoms with Crippen molar-refractivity contribution in [3.05, 3.63) is 16.6 Å². The van der Waals surface area contributed by atoms with Gasteiger partial charge < -0.3 is 10.4 Å². The third-order valence-electron chi connectivity index (χ3n) is 2.47. The molecule has 5 nitrogen and oxygen atoms in total. The van der Waals surface area contributed by atoms with Crippen molar-refractivity contribution in [1.82, 2.24) is 10.3 Å². The second-order valence-electron chi connectivity index (χ2n) is 3.90. The molecule has 1 fully saturated rings. The first-order chi connectivity index (χ1) is 7.66. The third kappa shape index (κ3) is 2.79. The lowest BCUT2D eigenvalue weighted by Gasteiger charge is -2.11. The normalized spacial score (nSPS) is 16.8. The van der Waals surface area contributed by atoms with E-state index in [9.17, 15) is 9.59 Å². The molecular formula is C10H12N2O3S. The highest BCUT2D eigenvalue weighted by molar-refractivity contribution is 7.07. The van der Waals surface area contributed by atoms with Crippen LogP contribution in [-0.4, -0.2) is 22.0 Å². The van der Waals surface area contributed by atoms with Gasteiger partial charge in [-0.05, 0) is 18.8 Å². The molecule has 1 atom stereocenters. The molecule has 1 aliphatic rings. The highest BCUT2D eigenvalue weighted by atomic mass is 32.1. The summed E-state index contributed by atoms with van der Waals surface area (Å²) >= 11 is 1.31. The van der Waals surface area contributed by atoms with Crippen LogP contribution in [0.15, 0.2) is 10.9 Å². The highest BCUT2D eigenvalue weighted by Gasteiger charge is 2.28. The summed E-state index contributed by atoms with van der Waals surface area (Å²) < 4.78 is 0. The Kier molecular flexibility index (Phi) is 3.19. The molecule has 0 aliphatic heterocycles. The van der Waals surface area contributed by atoms with Crippen molar-refractivity contribution in [1.29, 1.82) is 0 Å². The van der Waals surface area contributed by atoms with Crippen molar-refractivity contribution >= 4 is 23.2 Å². The lowest BCUT2D eigenvalue weighted by molar-refractivity contribution is -0.142. The maximum absolute atomic E-state index is 11.5. The van der Waals surface area contributed by atoms with E-state index < -0.39 is 12.0 Å². The molecule has 1 aromatic rings. The molecular weight excluding hydrogens is 228 g/mol. The van der Waals surface area contributed by atoms with Gasteiger partial charge in [-0.1, -0.05) is 0 Å². The van der Waals surface area contributed by atoms with E-state index in [0.29, 0.717) is 18.0 Å². The van der Waals surface area contributed by atoms with E-state index >= 15 is 0 Å². The number of amides is 1. The van der Waals surface area contributed by atoms with Crippen LogP contribution in [0.4, 0.5) is 0 Å². The van der Waals surface area contributed by atoms with Gasteiger partial charge in [0.1, 0.15) is 0 Å². The number of carboxylic acids is 1.